The third-order valence-corrected chi connectivity index (χ3v) is 5.98. The first kappa shape index (κ1) is 20.7. The van der Waals surface area contributed by atoms with Crippen molar-refractivity contribution >= 4 is 34.5 Å². The Morgan fingerprint density at radius 3 is 2.73 bits per heavy atom. The molecule has 1 amide bonds. The van der Waals surface area contributed by atoms with Gasteiger partial charge in [-0.05, 0) is 62.2 Å². The molecule has 0 N–H and O–H groups in total. The molecule has 156 valence electrons. The molecule has 2 heterocycles. The van der Waals surface area contributed by atoms with Gasteiger partial charge in [0.1, 0.15) is 11.5 Å². The van der Waals surface area contributed by atoms with Gasteiger partial charge >= 0.3 is 0 Å². The standard InChI is InChI=1S/C23H23ClN2O3S/c1-3-21-23(27)26(11-4-12-28-18-8-6-17(24)7-9-18)20-13-16(5-10-22(20)29-21)19-14-30-15(2)25-19/h5-10,13-14,21H,3-4,11-12H2,1-2H3. The van der Waals surface area contributed by atoms with E-state index >= 15 is 0 Å². The maximum atomic E-state index is 13.0. The van der Waals surface area contributed by atoms with Gasteiger partial charge < -0.3 is 14.4 Å². The molecule has 1 aliphatic rings. The number of halogens is 1. The van der Waals surface area contributed by atoms with Crippen LogP contribution in [0.2, 0.25) is 5.02 Å². The van der Waals surface area contributed by atoms with Gasteiger partial charge in [-0.2, -0.15) is 0 Å². The predicted molar refractivity (Wildman–Crippen MR) is 121 cm³/mol. The fraction of sp³-hybridized carbons (Fsp3) is 0.304. The van der Waals surface area contributed by atoms with Crippen molar-refractivity contribution in [3.63, 3.8) is 0 Å². The Morgan fingerprint density at radius 2 is 2.03 bits per heavy atom. The molecule has 30 heavy (non-hydrogen) atoms. The Bertz CT molecular complexity index is 1040. The summed E-state index contributed by atoms with van der Waals surface area (Å²) in [6, 6.07) is 13.2. The number of benzene rings is 2. The summed E-state index contributed by atoms with van der Waals surface area (Å²) >= 11 is 7.52. The predicted octanol–water partition coefficient (Wildman–Crippen LogP) is 5.75. The van der Waals surface area contributed by atoms with E-state index in [0.29, 0.717) is 31.0 Å². The summed E-state index contributed by atoms with van der Waals surface area (Å²) in [4.78, 5) is 19.4. The monoisotopic (exact) mass is 442 g/mol. The second-order valence-corrected chi connectivity index (χ2v) is 8.59. The SMILES string of the molecule is CCC1Oc2ccc(-c3csc(C)n3)cc2N(CCCOc2ccc(Cl)cc2)C1=O. The Kier molecular flexibility index (Phi) is 6.25. The molecule has 0 aliphatic carbocycles. The van der Waals surface area contributed by atoms with E-state index < -0.39 is 6.10 Å². The van der Waals surface area contributed by atoms with Gasteiger partial charge in [0.05, 0.1) is 23.0 Å². The fourth-order valence-electron chi connectivity index (χ4n) is 3.41. The molecule has 5 nitrogen and oxygen atoms in total. The third-order valence-electron chi connectivity index (χ3n) is 4.95. The second-order valence-electron chi connectivity index (χ2n) is 7.09. The van der Waals surface area contributed by atoms with Crippen molar-refractivity contribution in [3.8, 4) is 22.8 Å². The average molecular weight is 443 g/mol. The van der Waals surface area contributed by atoms with E-state index in [0.717, 1.165) is 33.5 Å². The van der Waals surface area contributed by atoms with Crippen molar-refractivity contribution in [2.45, 2.75) is 32.8 Å². The maximum absolute atomic E-state index is 13.0. The molecule has 1 atom stereocenters. The number of ether oxygens (including phenoxy) is 2. The molecular formula is C23H23ClN2O3S. The first-order chi connectivity index (χ1) is 14.5. The van der Waals surface area contributed by atoms with Crippen molar-refractivity contribution in [1.82, 2.24) is 4.98 Å². The number of amides is 1. The van der Waals surface area contributed by atoms with E-state index in [9.17, 15) is 4.79 Å². The van der Waals surface area contributed by atoms with Gasteiger partial charge in [0.25, 0.3) is 5.91 Å². The Hall–Kier alpha value is -2.57. The first-order valence-electron chi connectivity index (χ1n) is 9.98. The molecule has 0 saturated heterocycles. The molecule has 4 rings (SSSR count). The van der Waals surface area contributed by atoms with Gasteiger partial charge in [-0.1, -0.05) is 18.5 Å². The molecule has 0 spiro atoms. The minimum Gasteiger partial charge on any atom is -0.494 e. The molecule has 1 aromatic heterocycles. The minimum atomic E-state index is -0.456. The molecule has 0 fully saturated rings. The highest BCUT2D eigenvalue weighted by atomic mass is 35.5. The highest BCUT2D eigenvalue weighted by Gasteiger charge is 2.33. The van der Waals surface area contributed by atoms with Crippen LogP contribution in [-0.2, 0) is 4.79 Å². The van der Waals surface area contributed by atoms with Gasteiger partial charge in [0.15, 0.2) is 6.10 Å². The molecular weight excluding hydrogens is 420 g/mol. The molecule has 2 aromatic carbocycles. The second kappa shape index (κ2) is 9.06. The lowest BCUT2D eigenvalue weighted by atomic mass is 10.1. The number of aromatic nitrogens is 1. The highest BCUT2D eigenvalue weighted by molar-refractivity contribution is 7.09. The number of nitrogens with zero attached hydrogens (tertiary/aromatic N) is 2. The number of carbonyl (C=O) groups excluding carboxylic acids is 1. The van der Waals surface area contributed by atoms with E-state index in [1.54, 1.807) is 23.5 Å². The molecule has 0 bridgehead atoms. The molecule has 1 unspecified atom stereocenters. The van der Waals surface area contributed by atoms with Gasteiger partial charge in [0.2, 0.25) is 0 Å². The summed E-state index contributed by atoms with van der Waals surface area (Å²) in [5.41, 5.74) is 2.68. The summed E-state index contributed by atoms with van der Waals surface area (Å²) in [5, 5.41) is 3.72. The van der Waals surface area contributed by atoms with Crippen LogP contribution in [0.5, 0.6) is 11.5 Å². The average Bonchev–Trinajstić information content (AvgIpc) is 3.19. The number of carbonyl (C=O) groups is 1. The van der Waals surface area contributed by atoms with Crippen LogP contribution >= 0.6 is 22.9 Å². The van der Waals surface area contributed by atoms with E-state index in [4.69, 9.17) is 21.1 Å². The molecule has 7 heteroatoms. The molecule has 1 aliphatic heterocycles. The van der Waals surface area contributed by atoms with Crippen LogP contribution in [-0.4, -0.2) is 30.1 Å². The quantitative estimate of drug-likeness (QED) is 0.437. The van der Waals surface area contributed by atoms with Crippen LogP contribution in [0.3, 0.4) is 0 Å². The Labute approximate surface area is 185 Å². The zero-order valence-electron chi connectivity index (χ0n) is 16.9. The van der Waals surface area contributed by atoms with Gasteiger partial charge in [-0.3, -0.25) is 4.79 Å². The van der Waals surface area contributed by atoms with Crippen molar-refractivity contribution in [2.75, 3.05) is 18.1 Å². The van der Waals surface area contributed by atoms with Crippen molar-refractivity contribution < 1.29 is 14.3 Å². The number of aryl methyl sites for hydroxylation is 1. The fourth-order valence-corrected chi connectivity index (χ4v) is 4.16. The van der Waals surface area contributed by atoms with Crippen molar-refractivity contribution in [1.29, 1.82) is 0 Å². The number of hydrogen-bond donors (Lipinski definition) is 0. The van der Waals surface area contributed by atoms with Crippen LogP contribution in [0.1, 0.15) is 24.8 Å². The Morgan fingerprint density at radius 1 is 1.23 bits per heavy atom. The lowest BCUT2D eigenvalue weighted by Crippen LogP contribution is -2.46. The first-order valence-corrected chi connectivity index (χ1v) is 11.2. The third kappa shape index (κ3) is 4.45. The lowest BCUT2D eigenvalue weighted by molar-refractivity contribution is -0.126. The number of hydrogen-bond acceptors (Lipinski definition) is 5. The van der Waals surface area contributed by atoms with Crippen LogP contribution < -0.4 is 14.4 Å². The highest BCUT2D eigenvalue weighted by Crippen LogP contribution is 2.38. The smallest absolute Gasteiger partial charge is 0.268 e. The summed E-state index contributed by atoms with van der Waals surface area (Å²) in [6.07, 6.45) is 0.870. The van der Waals surface area contributed by atoms with Crippen molar-refractivity contribution in [3.05, 3.63) is 57.9 Å². The zero-order chi connectivity index (χ0) is 21.1. The summed E-state index contributed by atoms with van der Waals surface area (Å²) < 4.78 is 11.7. The number of thiazole rings is 1. The summed E-state index contributed by atoms with van der Waals surface area (Å²) in [6.45, 7) is 5.00. The topological polar surface area (TPSA) is 51.7 Å². The van der Waals surface area contributed by atoms with E-state index in [-0.39, 0.29) is 5.91 Å². The maximum Gasteiger partial charge on any atom is 0.268 e. The van der Waals surface area contributed by atoms with Gasteiger partial charge in [-0.25, -0.2) is 4.98 Å². The lowest BCUT2D eigenvalue weighted by Gasteiger charge is -2.34. The van der Waals surface area contributed by atoms with E-state index in [1.165, 1.54) is 0 Å². The van der Waals surface area contributed by atoms with E-state index in [1.807, 2.05) is 54.5 Å². The van der Waals surface area contributed by atoms with Gasteiger partial charge in [0, 0.05) is 22.5 Å². The molecule has 0 saturated carbocycles. The van der Waals surface area contributed by atoms with Crippen molar-refractivity contribution in [2.24, 2.45) is 0 Å². The number of anilines is 1. The number of rotatable bonds is 7. The van der Waals surface area contributed by atoms with E-state index in [2.05, 4.69) is 4.98 Å². The summed E-state index contributed by atoms with van der Waals surface area (Å²) in [7, 11) is 0. The summed E-state index contributed by atoms with van der Waals surface area (Å²) in [5.74, 6) is 1.49. The zero-order valence-corrected chi connectivity index (χ0v) is 18.5. The van der Waals surface area contributed by atoms with Crippen LogP contribution in [0.4, 0.5) is 5.69 Å². The van der Waals surface area contributed by atoms with Crippen LogP contribution in [0.15, 0.2) is 47.8 Å². The normalized spacial score (nSPS) is 15.6. The molecule has 3 aromatic rings. The Balaban J connectivity index is 1.50. The number of fused-ring (bicyclic) bond motifs is 1. The largest absolute Gasteiger partial charge is 0.494 e. The van der Waals surface area contributed by atoms with Crippen LogP contribution in [0.25, 0.3) is 11.3 Å². The van der Waals surface area contributed by atoms with Crippen LogP contribution in [0, 0.1) is 6.92 Å². The minimum absolute atomic E-state index is 0.0110. The van der Waals surface area contributed by atoms with Gasteiger partial charge in [-0.15, -0.1) is 11.3 Å². The molecule has 0 radical (unpaired) electrons.